The molecule has 0 fully saturated rings. The van der Waals surface area contributed by atoms with Crippen LogP contribution in [0.1, 0.15) is 0 Å². The quantitative estimate of drug-likeness (QED) is 0.777. The van der Waals surface area contributed by atoms with E-state index >= 15 is 0 Å². The van der Waals surface area contributed by atoms with E-state index in [1.807, 2.05) is 0 Å². The van der Waals surface area contributed by atoms with Crippen LogP contribution in [0, 0.1) is 0 Å². The first-order chi connectivity index (χ1) is 9.28. The van der Waals surface area contributed by atoms with Crippen molar-refractivity contribution < 1.29 is 17.9 Å². The molecule has 2 N–H and O–H groups in total. The van der Waals surface area contributed by atoms with E-state index < -0.39 is 6.36 Å². The molecule has 0 saturated carbocycles. The van der Waals surface area contributed by atoms with Gasteiger partial charge in [-0.05, 0) is 23.8 Å². The molecule has 106 valence electrons. The highest BCUT2D eigenvalue weighted by molar-refractivity contribution is 6.39. The van der Waals surface area contributed by atoms with Crippen molar-refractivity contribution >= 4 is 28.9 Å². The summed E-state index contributed by atoms with van der Waals surface area (Å²) in [6, 6.07) is 8.56. The van der Waals surface area contributed by atoms with E-state index in [-0.39, 0.29) is 27.0 Å². The zero-order valence-electron chi connectivity index (χ0n) is 9.84. The lowest BCUT2D eigenvalue weighted by atomic mass is 10.0. The molecular formula is C13H8Cl2F3NO. The highest BCUT2D eigenvalue weighted by Crippen LogP contribution is 2.38. The van der Waals surface area contributed by atoms with Crippen molar-refractivity contribution in [3.63, 3.8) is 0 Å². The number of benzene rings is 2. The normalized spacial score (nSPS) is 11.4. The Morgan fingerprint density at radius 2 is 1.55 bits per heavy atom. The smallest absolute Gasteiger partial charge is 0.405 e. The Hall–Kier alpha value is -1.59. The first-order valence-corrected chi connectivity index (χ1v) is 6.13. The summed E-state index contributed by atoms with van der Waals surface area (Å²) in [6.45, 7) is 0. The van der Waals surface area contributed by atoms with Crippen molar-refractivity contribution in [1.29, 1.82) is 0 Å². The molecule has 7 heteroatoms. The van der Waals surface area contributed by atoms with Crippen molar-refractivity contribution in [3.05, 3.63) is 46.4 Å². The third-order valence-corrected chi connectivity index (χ3v) is 3.13. The van der Waals surface area contributed by atoms with Gasteiger partial charge in [0.1, 0.15) is 5.75 Å². The Kier molecular flexibility index (Phi) is 4.01. The van der Waals surface area contributed by atoms with Crippen LogP contribution in [0.3, 0.4) is 0 Å². The van der Waals surface area contributed by atoms with Crippen LogP contribution in [0.2, 0.25) is 10.0 Å². The van der Waals surface area contributed by atoms with Crippen molar-refractivity contribution in [2.24, 2.45) is 0 Å². The minimum absolute atomic E-state index is 0.161. The molecule has 2 nitrogen and oxygen atoms in total. The van der Waals surface area contributed by atoms with Gasteiger partial charge in [-0.25, -0.2) is 0 Å². The Bertz CT molecular complexity index is 621. The topological polar surface area (TPSA) is 35.2 Å². The Balaban J connectivity index is 2.53. The van der Waals surface area contributed by atoms with Crippen LogP contribution < -0.4 is 10.5 Å². The fourth-order valence-corrected chi connectivity index (χ4v) is 2.15. The molecule has 0 bridgehead atoms. The van der Waals surface area contributed by atoms with E-state index in [0.29, 0.717) is 5.56 Å². The number of anilines is 1. The van der Waals surface area contributed by atoms with Crippen molar-refractivity contribution in [1.82, 2.24) is 0 Å². The summed E-state index contributed by atoms with van der Waals surface area (Å²) in [6.07, 6.45) is -4.78. The molecule has 2 aromatic rings. The first-order valence-electron chi connectivity index (χ1n) is 5.37. The average molecular weight is 322 g/mol. The van der Waals surface area contributed by atoms with E-state index in [9.17, 15) is 13.2 Å². The summed E-state index contributed by atoms with van der Waals surface area (Å²) in [5.74, 6) is -0.336. The van der Waals surface area contributed by atoms with Crippen LogP contribution in [0.15, 0.2) is 36.4 Å². The minimum Gasteiger partial charge on any atom is -0.405 e. The van der Waals surface area contributed by atoms with Crippen molar-refractivity contribution in [2.75, 3.05) is 5.73 Å². The summed E-state index contributed by atoms with van der Waals surface area (Å²) >= 11 is 11.8. The van der Waals surface area contributed by atoms with Gasteiger partial charge in [-0.15, -0.1) is 13.2 Å². The lowest BCUT2D eigenvalue weighted by Gasteiger charge is -2.14. The summed E-state index contributed by atoms with van der Waals surface area (Å²) in [5, 5.41) is 0.323. The number of ether oxygens (including phenoxy) is 1. The monoisotopic (exact) mass is 321 g/mol. The van der Waals surface area contributed by atoms with Crippen molar-refractivity contribution in [2.45, 2.75) is 6.36 Å². The van der Waals surface area contributed by atoms with Crippen LogP contribution in [-0.2, 0) is 0 Å². The molecule has 2 rings (SSSR count). The Labute approximate surface area is 122 Å². The van der Waals surface area contributed by atoms with Gasteiger partial charge in [-0.2, -0.15) is 0 Å². The minimum atomic E-state index is -4.78. The highest BCUT2D eigenvalue weighted by Gasteiger charge is 2.32. The van der Waals surface area contributed by atoms with E-state index in [0.717, 1.165) is 0 Å². The number of para-hydroxylation sites is 1. The maximum Gasteiger partial charge on any atom is 0.573 e. The SMILES string of the molecule is Nc1c(Cl)cc(-c2ccccc2OC(F)(F)F)cc1Cl. The van der Waals surface area contributed by atoms with Crippen LogP contribution in [0.25, 0.3) is 11.1 Å². The summed E-state index contributed by atoms with van der Waals surface area (Å²) in [5.41, 5.74) is 6.37. The number of rotatable bonds is 2. The summed E-state index contributed by atoms with van der Waals surface area (Å²) in [7, 11) is 0. The Morgan fingerprint density at radius 1 is 1.00 bits per heavy atom. The van der Waals surface area contributed by atoms with E-state index in [1.165, 1.54) is 30.3 Å². The van der Waals surface area contributed by atoms with E-state index in [4.69, 9.17) is 28.9 Å². The molecule has 0 spiro atoms. The average Bonchev–Trinajstić information content (AvgIpc) is 2.34. The molecule has 20 heavy (non-hydrogen) atoms. The maximum absolute atomic E-state index is 12.4. The second-order valence-corrected chi connectivity index (χ2v) is 4.71. The molecule has 0 radical (unpaired) electrons. The van der Waals surface area contributed by atoms with Gasteiger partial charge < -0.3 is 10.5 Å². The molecule has 0 unspecified atom stereocenters. The van der Waals surface area contributed by atoms with Gasteiger partial charge in [0, 0.05) is 5.56 Å². The first kappa shape index (κ1) is 14.8. The zero-order chi connectivity index (χ0) is 14.9. The molecule has 0 aliphatic carbocycles. The summed E-state index contributed by atoms with van der Waals surface area (Å²) in [4.78, 5) is 0. The van der Waals surface area contributed by atoms with Gasteiger partial charge in [-0.1, -0.05) is 41.4 Å². The van der Waals surface area contributed by atoms with Gasteiger partial charge in [0.25, 0.3) is 0 Å². The number of nitrogens with two attached hydrogens (primary N) is 1. The molecule has 2 aromatic carbocycles. The molecule has 0 saturated heterocycles. The van der Waals surface area contributed by atoms with Gasteiger partial charge in [-0.3, -0.25) is 0 Å². The number of alkyl halides is 3. The van der Waals surface area contributed by atoms with Crippen LogP contribution >= 0.6 is 23.2 Å². The molecule has 0 atom stereocenters. The summed E-state index contributed by atoms with van der Waals surface area (Å²) < 4.78 is 41.1. The fraction of sp³-hybridized carbons (Fsp3) is 0.0769. The molecule has 0 heterocycles. The number of hydrogen-bond acceptors (Lipinski definition) is 2. The molecular weight excluding hydrogens is 314 g/mol. The van der Waals surface area contributed by atoms with Gasteiger partial charge in [0.05, 0.1) is 15.7 Å². The molecule has 0 aliphatic heterocycles. The van der Waals surface area contributed by atoms with E-state index in [1.54, 1.807) is 6.07 Å². The van der Waals surface area contributed by atoms with Gasteiger partial charge in [0.2, 0.25) is 0 Å². The number of halogens is 5. The van der Waals surface area contributed by atoms with Crippen LogP contribution in [-0.4, -0.2) is 6.36 Å². The molecule has 0 amide bonds. The third kappa shape index (κ3) is 3.29. The second-order valence-electron chi connectivity index (χ2n) is 3.90. The lowest BCUT2D eigenvalue weighted by Crippen LogP contribution is -2.17. The molecule has 0 aliphatic rings. The van der Waals surface area contributed by atoms with Crippen LogP contribution in [0.5, 0.6) is 5.75 Å². The lowest BCUT2D eigenvalue weighted by molar-refractivity contribution is -0.274. The number of nitrogen functional groups attached to an aromatic ring is 1. The third-order valence-electron chi connectivity index (χ3n) is 2.50. The van der Waals surface area contributed by atoms with Gasteiger partial charge in [0.15, 0.2) is 0 Å². The second kappa shape index (κ2) is 5.42. The largest absolute Gasteiger partial charge is 0.573 e. The number of hydrogen-bond donors (Lipinski definition) is 1. The highest BCUT2D eigenvalue weighted by atomic mass is 35.5. The van der Waals surface area contributed by atoms with E-state index in [2.05, 4.69) is 4.74 Å². The fourth-order valence-electron chi connectivity index (χ4n) is 1.66. The Morgan fingerprint density at radius 3 is 2.10 bits per heavy atom. The van der Waals surface area contributed by atoms with Crippen LogP contribution in [0.4, 0.5) is 18.9 Å². The maximum atomic E-state index is 12.4. The van der Waals surface area contributed by atoms with Crippen molar-refractivity contribution in [3.8, 4) is 16.9 Å². The zero-order valence-corrected chi connectivity index (χ0v) is 11.4. The predicted molar refractivity (Wildman–Crippen MR) is 73.0 cm³/mol. The standard InChI is InChI=1S/C13H8Cl2F3NO/c14-9-5-7(6-10(15)12(9)19)8-3-1-2-4-11(8)20-13(16,17)18/h1-6H,19H2. The van der Waals surface area contributed by atoms with Gasteiger partial charge >= 0.3 is 6.36 Å². The predicted octanol–water partition coefficient (Wildman–Crippen LogP) is 5.14. The molecule has 0 aromatic heterocycles.